The SMILES string of the molecule is N#Cc1cnc(NCc2ccccc2OC(F)(F)F)nc1NC[C@]12CC3C[C@H](C1)[C@H](N1CC(N4C(=O)c5ccccc5C4=O)C1)[C@@H](C3)C2. The fraction of sp³-hybridized carbons (Fsp3) is 0.457. The van der Waals surface area contributed by atoms with Crippen LogP contribution in [0.3, 0.4) is 0 Å². The van der Waals surface area contributed by atoms with E-state index in [1.54, 1.807) is 30.3 Å². The monoisotopic (exact) mass is 657 g/mol. The molecule has 2 amide bonds. The largest absolute Gasteiger partial charge is 0.573 e. The Kier molecular flexibility index (Phi) is 7.32. The highest BCUT2D eigenvalue weighted by molar-refractivity contribution is 6.21. The predicted octanol–water partition coefficient (Wildman–Crippen LogP) is 5.45. The number of hydrogen-bond acceptors (Lipinski definition) is 9. The standard InChI is InChI=1S/C35H34F3N7O3/c36-35(37,38)48-28-8-4-1-5-21(28)15-40-33-41-16-24(14-39)30(43-33)42-19-34-11-20-9-22(12-34)29(23(10-20)13-34)44-17-25(18-44)45-31(46)26-6-2-3-7-27(26)32(45)47/h1-8,16,20,22-23,25,29H,9-13,15,17-19H2,(H2,40,41,42,43)/t20?,22-,23+,29+,34-. The maximum absolute atomic E-state index is 13.0. The third kappa shape index (κ3) is 5.41. The van der Waals surface area contributed by atoms with Crippen LogP contribution in [0.25, 0.3) is 0 Å². The first-order valence-corrected chi connectivity index (χ1v) is 16.4. The van der Waals surface area contributed by atoms with Crippen molar-refractivity contribution in [2.75, 3.05) is 30.3 Å². The molecule has 5 fully saturated rings. The molecule has 2 aliphatic heterocycles. The van der Waals surface area contributed by atoms with E-state index >= 15 is 0 Å². The molecule has 48 heavy (non-hydrogen) atoms. The van der Waals surface area contributed by atoms with E-state index in [4.69, 9.17) is 0 Å². The van der Waals surface area contributed by atoms with Crippen molar-refractivity contribution < 1.29 is 27.5 Å². The van der Waals surface area contributed by atoms with E-state index in [0.29, 0.717) is 65.9 Å². The number of nitrogens with zero attached hydrogens (tertiary/aromatic N) is 5. The van der Waals surface area contributed by atoms with Gasteiger partial charge in [0, 0.05) is 37.8 Å². The third-order valence-electron chi connectivity index (χ3n) is 11.0. The summed E-state index contributed by atoms with van der Waals surface area (Å²) in [5.41, 5.74) is 1.65. The number of rotatable bonds is 9. The second-order valence-electron chi connectivity index (χ2n) is 14.0. The maximum atomic E-state index is 13.0. The molecule has 13 heteroatoms. The zero-order valence-corrected chi connectivity index (χ0v) is 26.0. The number of fused-ring (bicyclic) bond motifs is 1. The first kappa shape index (κ1) is 30.6. The Bertz CT molecular complexity index is 1770. The molecule has 10 nitrogen and oxygen atoms in total. The molecule has 6 aliphatic rings. The number of likely N-dealkylation sites (tertiary alicyclic amines) is 1. The van der Waals surface area contributed by atoms with Gasteiger partial charge in [-0.05, 0) is 73.5 Å². The summed E-state index contributed by atoms with van der Waals surface area (Å²) in [6.45, 7) is 2.09. The number of carbonyl (C=O) groups excluding carboxylic acids is 2. The number of amides is 2. The van der Waals surface area contributed by atoms with Gasteiger partial charge in [0.1, 0.15) is 23.2 Å². The van der Waals surface area contributed by atoms with E-state index in [2.05, 4.69) is 36.3 Å². The Morgan fingerprint density at radius 2 is 1.62 bits per heavy atom. The van der Waals surface area contributed by atoms with Crippen molar-refractivity contribution >= 4 is 23.6 Å². The van der Waals surface area contributed by atoms with E-state index in [9.17, 15) is 28.0 Å². The molecule has 3 aromatic rings. The number of nitrogens with one attached hydrogen (secondary N) is 2. The van der Waals surface area contributed by atoms with E-state index < -0.39 is 6.36 Å². The second-order valence-corrected chi connectivity index (χ2v) is 14.0. The lowest BCUT2D eigenvalue weighted by atomic mass is 9.47. The lowest BCUT2D eigenvalue weighted by Gasteiger charge is -2.64. The Balaban J connectivity index is 0.909. The van der Waals surface area contributed by atoms with Crippen molar-refractivity contribution in [2.45, 2.75) is 57.1 Å². The van der Waals surface area contributed by atoms with Gasteiger partial charge in [0.25, 0.3) is 11.8 Å². The lowest BCUT2D eigenvalue weighted by molar-refractivity contribution is -0.274. The summed E-state index contributed by atoms with van der Waals surface area (Å²) in [6, 6.07) is 15.4. The molecule has 5 atom stereocenters. The highest BCUT2D eigenvalue weighted by atomic mass is 19.4. The number of halogens is 3. The van der Waals surface area contributed by atoms with Crippen molar-refractivity contribution in [1.82, 2.24) is 19.8 Å². The molecule has 4 aliphatic carbocycles. The van der Waals surface area contributed by atoms with Gasteiger partial charge in [-0.2, -0.15) is 10.2 Å². The predicted molar refractivity (Wildman–Crippen MR) is 168 cm³/mol. The summed E-state index contributed by atoms with van der Waals surface area (Å²) in [4.78, 5) is 38.8. The molecule has 0 spiro atoms. The van der Waals surface area contributed by atoms with E-state index in [0.717, 1.165) is 19.3 Å². The molecule has 1 saturated heterocycles. The van der Waals surface area contributed by atoms with E-state index in [1.165, 1.54) is 42.1 Å². The van der Waals surface area contributed by atoms with Crippen LogP contribution in [0.15, 0.2) is 54.7 Å². The smallest absolute Gasteiger partial charge is 0.405 e. The van der Waals surface area contributed by atoms with Crippen molar-refractivity contribution in [1.29, 1.82) is 5.26 Å². The number of ether oxygens (including phenoxy) is 1. The third-order valence-corrected chi connectivity index (χ3v) is 11.0. The number of para-hydroxylation sites is 1. The molecular formula is C35H34F3N7O3. The topological polar surface area (TPSA) is 123 Å². The Hall–Kier alpha value is -4.70. The molecule has 3 heterocycles. The highest BCUT2D eigenvalue weighted by Crippen LogP contribution is 2.61. The van der Waals surface area contributed by atoms with Crippen LogP contribution >= 0.6 is 0 Å². The van der Waals surface area contributed by atoms with Crippen LogP contribution in [-0.4, -0.2) is 69.7 Å². The average Bonchev–Trinajstić information content (AvgIpc) is 3.28. The Morgan fingerprint density at radius 3 is 2.29 bits per heavy atom. The van der Waals surface area contributed by atoms with Crippen LogP contribution in [0.1, 0.15) is 63.9 Å². The first-order valence-electron chi connectivity index (χ1n) is 16.4. The highest BCUT2D eigenvalue weighted by Gasteiger charge is 2.58. The number of imide groups is 1. The van der Waals surface area contributed by atoms with Crippen molar-refractivity contribution in [2.24, 2.45) is 23.2 Å². The minimum absolute atomic E-state index is 0.00166. The number of carbonyl (C=O) groups is 2. The zero-order valence-electron chi connectivity index (χ0n) is 26.0. The maximum Gasteiger partial charge on any atom is 0.573 e. The fourth-order valence-electron chi connectivity index (χ4n) is 9.42. The molecule has 4 bridgehead atoms. The number of hydrogen-bond donors (Lipinski definition) is 2. The molecule has 1 unspecified atom stereocenters. The molecule has 248 valence electrons. The van der Waals surface area contributed by atoms with Crippen LogP contribution in [0.5, 0.6) is 5.75 Å². The molecule has 1 aromatic heterocycles. The summed E-state index contributed by atoms with van der Waals surface area (Å²) in [6.07, 6.45) is 2.20. The molecular weight excluding hydrogens is 623 g/mol. The normalized spacial score (nSPS) is 27.8. The summed E-state index contributed by atoms with van der Waals surface area (Å²) in [5.74, 6) is 1.61. The van der Waals surface area contributed by atoms with Crippen LogP contribution < -0.4 is 15.4 Å². The van der Waals surface area contributed by atoms with E-state index in [1.807, 2.05) is 0 Å². The van der Waals surface area contributed by atoms with Crippen molar-refractivity contribution in [3.63, 3.8) is 0 Å². The van der Waals surface area contributed by atoms with Gasteiger partial charge in [0.2, 0.25) is 5.95 Å². The minimum atomic E-state index is -4.81. The number of aromatic nitrogens is 2. The number of anilines is 2. The molecule has 9 rings (SSSR count). The lowest BCUT2D eigenvalue weighted by Crippen LogP contribution is -2.69. The van der Waals surface area contributed by atoms with Crippen molar-refractivity contribution in [3.8, 4) is 11.8 Å². The Morgan fingerprint density at radius 1 is 0.958 bits per heavy atom. The van der Waals surface area contributed by atoms with Gasteiger partial charge in [0.05, 0.1) is 23.4 Å². The zero-order chi connectivity index (χ0) is 33.2. The molecule has 0 radical (unpaired) electrons. The van der Waals surface area contributed by atoms with Gasteiger partial charge in [-0.25, -0.2) is 4.98 Å². The van der Waals surface area contributed by atoms with Crippen molar-refractivity contribution in [3.05, 3.63) is 77.0 Å². The fourth-order valence-corrected chi connectivity index (χ4v) is 9.42. The van der Waals surface area contributed by atoms with Gasteiger partial charge >= 0.3 is 6.36 Å². The average molecular weight is 658 g/mol. The second kappa shape index (κ2) is 11.5. The molecule has 4 saturated carbocycles. The summed E-state index contributed by atoms with van der Waals surface area (Å²) in [5, 5.41) is 16.2. The van der Waals surface area contributed by atoms with Crippen LogP contribution in [0.2, 0.25) is 0 Å². The number of nitriles is 1. The minimum Gasteiger partial charge on any atom is -0.405 e. The van der Waals surface area contributed by atoms with Crippen LogP contribution in [0.4, 0.5) is 24.9 Å². The quantitative estimate of drug-likeness (QED) is 0.290. The van der Waals surface area contributed by atoms with Gasteiger partial charge in [-0.15, -0.1) is 13.2 Å². The Labute approximate surface area is 275 Å². The van der Waals surface area contributed by atoms with Gasteiger partial charge in [0.15, 0.2) is 0 Å². The van der Waals surface area contributed by atoms with Gasteiger partial charge < -0.3 is 15.4 Å². The molecule has 2 aromatic carbocycles. The molecule has 2 N–H and O–H groups in total. The van der Waals surface area contributed by atoms with Crippen LogP contribution in [0, 0.1) is 34.5 Å². The summed E-state index contributed by atoms with van der Waals surface area (Å²) >= 11 is 0. The van der Waals surface area contributed by atoms with Gasteiger partial charge in [-0.3, -0.25) is 19.4 Å². The summed E-state index contributed by atoms with van der Waals surface area (Å²) < 4.78 is 42.7. The first-order chi connectivity index (χ1) is 23.1. The van der Waals surface area contributed by atoms with Crippen LogP contribution in [-0.2, 0) is 6.54 Å². The number of benzene rings is 2. The summed E-state index contributed by atoms with van der Waals surface area (Å²) in [7, 11) is 0. The number of alkyl halides is 3. The van der Waals surface area contributed by atoms with E-state index in [-0.39, 0.29) is 47.1 Å². The van der Waals surface area contributed by atoms with Gasteiger partial charge in [-0.1, -0.05) is 30.3 Å².